The average Bonchev–Trinajstić information content (AvgIpc) is 2.45. The highest BCUT2D eigenvalue weighted by atomic mass is 16.3. The summed E-state index contributed by atoms with van der Waals surface area (Å²) < 4.78 is 0. The van der Waals surface area contributed by atoms with E-state index in [0.29, 0.717) is 11.8 Å². The Morgan fingerprint density at radius 1 is 1.25 bits per heavy atom. The van der Waals surface area contributed by atoms with Gasteiger partial charge in [-0.05, 0) is 38.5 Å². The molecule has 0 aromatic rings. The van der Waals surface area contributed by atoms with Crippen LogP contribution in [0.2, 0.25) is 0 Å². The highest BCUT2D eigenvalue weighted by Crippen LogP contribution is 2.32. The van der Waals surface area contributed by atoms with Gasteiger partial charge in [0.1, 0.15) is 0 Å². The molecule has 1 aliphatic rings. The minimum Gasteiger partial charge on any atom is -0.394 e. The number of carbonyl (C=O) groups is 1. The van der Waals surface area contributed by atoms with E-state index in [0.717, 1.165) is 12.8 Å². The molecule has 2 atom stereocenters. The fourth-order valence-electron chi connectivity index (χ4n) is 2.82. The summed E-state index contributed by atoms with van der Waals surface area (Å²) >= 11 is 0. The fraction of sp³-hybridized carbons (Fsp3) is 0.938. The molecule has 4 nitrogen and oxygen atoms in total. The van der Waals surface area contributed by atoms with Crippen LogP contribution in [0.15, 0.2) is 0 Å². The molecule has 3 N–H and O–H groups in total. The predicted octanol–water partition coefficient (Wildman–Crippen LogP) is 2.07. The molecule has 4 heteroatoms. The van der Waals surface area contributed by atoms with Crippen LogP contribution in [0.3, 0.4) is 0 Å². The van der Waals surface area contributed by atoms with Crippen LogP contribution in [0, 0.1) is 11.8 Å². The van der Waals surface area contributed by atoms with Crippen LogP contribution in [0.4, 0.5) is 0 Å². The molecule has 0 radical (unpaired) electrons. The van der Waals surface area contributed by atoms with E-state index in [9.17, 15) is 9.90 Å². The number of rotatable bonds is 7. The normalized spacial score (nSPS) is 21.5. The summed E-state index contributed by atoms with van der Waals surface area (Å²) in [4.78, 5) is 11.9. The fourth-order valence-corrected chi connectivity index (χ4v) is 2.82. The summed E-state index contributed by atoms with van der Waals surface area (Å²) in [6.45, 7) is 8.63. The Labute approximate surface area is 123 Å². The van der Waals surface area contributed by atoms with Gasteiger partial charge >= 0.3 is 0 Å². The number of hydrogen-bond donors (Lipinski definition) is 3. The molecule has 0 aromatic heterocycles. The molecule has 0 saturated heterocycles. The van der Waals surface area contributed by atoms with Crippen molar-refractivity contribution in [2.75, 3.05) is 13.2 Å². The molecule has 1 aliphatic carbocycles. The Bertz CT molecular complexity index is 301. The largest absolute Gasteiger partial charge is 0.394 e. The van der Waals surface area contributed by atoms with Crippen LogP contribution in [0.25, 0.3) is 0 Å². The third kappa shape index (κ3) is 5.06. The first-order chi connectivity index (χ1) is 9.39. The quantitative estimate of drug-likeness (QED) is 0.670. The second-order valence-corrected chi connectivity index (χ2v) is 6.86. The van der Waals surface area contributed by atoms with E-state index in [2.05, 4.69) is 24.5 Å². The molecule has 1 fully saturated rings. The summed E-state index contributed by atoms with van der Waals surface area (Å²) in [5, 5.41) is 16.0. The van der Waals surface area contributed by atoms with Gasteiger partial charge < -0.3 is 15.7 Å². The van der Waals surface area contributed by atoms with Crippen molar-refractivity contribution in [1.82, 2.24) is 10.6 Å². The van der Waals surface area contributed by atoms with Gasteiger partial charge in [0.05, 0.1) is 13.2 Å². The van der Waals surface area contributed by atoms with Gasteiger partial charge in [-0.1, -0.05) is 33.1 Å². The van der Waals surface area contributed by atoms with Crippen molar-refractivity contribution in [1.29, 1.82) is 0 Å². The van der Waals surface area contributed by atoms with E-state index in [1.165, 1.54) is 19.3 Å². The molecule has 0 spiro atoms. The minimum absolute atomic E-state index is 0.0154. The first-order valence-corrected chi connectivity index (χ1v) is 8.04. The summed E-state index contributed by atoms with van der Waals surface area (Å²) in [6.07, 6.45) is 6.06. The lowest BCUT2D eigenvalue weighted by Crippen LogP contribution is -2.55. The zero-order valence-electron chi connectivity index (χ0n) is 13.5. The molecule has 118 valence electrons. The number of carbonyl (C=O) groups excluding carboxylic acids is 1. The van der Waals surface area contributed by atoms with Crippen LogP contribution >= 0.6 is 0 Å². The maximum absolute atomic E-state index is 11.9. The second-order valence-electron chi connectivity index (χ2n) is 6.86. The number of hydrogen-bond acceptors (Lipinski definition) is 3. The number of aliphatic hydroxyl groups is 1. The Balaban J connectivity index is 2.45. The molecule has 1 saturated carbocycles. The molecular formula is C16H32N2O2. The molecule has 20 heavy (non-hydrogen) atoms. The van der Waals surface area contributed by atoms with Gasteiger partial charge in [-0.25, -0.2) is 0 Å². The number of amides is 1. The van der Waals surface area contributed by atoms with Crippen LogP contribution in [0.5, 0.6) is 0 Å². The predicted molar refractivity (Wildman–Crippen MR) is 82.5 cm³/mol. The van der Waals surface area contributed by atoms with Crippen molar-refractivity contribution in [2.24, 2.45) is 11.8 Å². The van der Waals surface area contributed by atoms with Crippen LogP contribution < -0.4 is 10.6 Å². The van der Waals surface area contributed by atoms with Gasteiger partial charge in [0.15, 0.2) is 0 Å². The lowest BCUT2D eigenvalue weighted by atomic mass is 9.76. The molecule has 0 heterocycles. The Morgan fingerprint density at radius 3 is 2.35 bits per heavy atom. The molecule has 0 unspecified atom stereocenters. The SMILES string of the molecule is CC(C)[C@@H](C)NC(=O)CN[C@@](C)(CO)C1CCCCC1. The van der Waals surface area contributed by atoms with E-state index in [1.807, 2.05) is 13.8 Å². The Hall–Kier alpha value is -0.610. The molecule has 0 aliphatic heterocycles. The minimum atomic E-state index is -0.334. The molecular weight excluding hydrogens is 252 g/mol. The van der Waals surface area contributed by atoms with Crippen molar-refractivity contribution in [3.8, 4) is 0 Å². The monoisotopic (exact) mass is 284 g/mol. The van der Waals surface area contributed by atoms with Gasteiger partial charge in [0.2, 0.25) is 5.91 Å². The van der Waals surface area contributed by atoms with Crippen LogP contribution in [-0.2, 0) is 4.79 Å². The van der Waals surface area contributed by atoms with Crippen LogP contribution in [-0.4, -0.2) is 35.7 Å². The Kier molecular flexibility index (Phi) is 6.96. The molecule has 1 amide bonds. The highest BCUT2D eigenvalue weighted by molar-refractivity contribution is 5.78. The number of aliphatic hydroxyl groups excluding tert-OH is 1. The smallest absolute Gasteiger partial charge is 0.234 e. The molecule has 0 aromatic carbocycles. The van der Waals surface area contributed by atoms with Crippen molar-refractivity contribution < 1.29 is 9.90 Å². The van der Waals surface area contributed by atoms with Crippen molar-refractivity contribution in [2.45, 2.75) is 71.4 Å². The summed E-state index contributed by atoms with van der Waals surface area (Å²) in [7, 11) is 0. The van der Waals surface area contributed by atoms with Gasteiger partial charge in [0, 0.05) is 11.6 Å². The van der Waals surface area contributed by atoms with E-state index in [-0.39, 0.29) is 30.6 Å². The first-order valence-electron chi connectivity index (χ1n) is 8.04. The van der Waals surface area contributed by atoms with Gasteiger partial charge in [-0.2, -0.15) is 0 Å². The third-order valence-corrected chi connectivity index (χ3v) is 4.88. The standard InChI is InChI=1S/C16H32N2O2/c1-12(2)13(3)18-15(20)10-17-16(4,11-19)14-8-6-5-7-9-14/h12-14,17,19H,5-11H2,1-4H3,(H,18,20)/t13-,16+/m1/s1. The van der Waals surface area contributed by atoms with Gasteiger partial charge in [-0.15, -0.1) is 0 Å². The van der Waals surface area contributed by atoms with E-state index in [1.54, 1.807) is 0 Å². The highest BCUT2D eigenvalue weighted by Gasteiger charge is 2.34. The van der Waals surface area contributed by atoms with Crippen molar-refractivity contribution in [3.05, 3.63) is 0 Å². The first kappa shape index (κ1) is 17.4. The zero-order valence-corrected chi connectivity index (χ0v) is 13.5. The maximum atomic E-state index is 11.9. The topological polar surface area (TPSA) is 61.4 Å². The lowest BCUT2D eigenvalue weighted by molar-refractivity contribution is -0.121. The zero-order chi connectivity index (χ0) is 15.2. The van der Waals surface area contributed by atoms with E-state index in [4.69, 9.17) is 0 Å². The van der Waals surface area contributed by atoms with Crippen LogP contribution in [0.1, 0.15) is 59.8 Å². The van der Waals surface area contributed by atoms with Gasteiger partial charge in [-0.3, -0.25) is 4.79 Å². The van der Waals surface area contributed by atoms with Crippen molar-refractivity contribution in [3.63, 3.8) is 0 Å². The van der Waals surface area contributed by atoms with E-state index >= 15 is 0 Å². The summed E-state index contributed by atoms with van der Waals surface area (Å²) in [5.74, 6) is 0.916. The molecule has 1 rings (SSSR count). The van der Waals surface area contributed by atoms with Gasteiger partial charge in [0.25, 0.3) is 0 Å². The maximum Gasteiger partial charge on any atom is 0.234 e. The molecule has 0 bridgehead atoms. The summed E-state index contributed by atoms with van der Waals surface area (Å²) in [5.41, 5.74) is -0.334. The Morgan fingerprint density at radius 2 is 1.85 bits per heavy atom. The lowest BCUT2D eigenvalue weighted by Gasteiger charge is -2.39. The average molecular weight is 284 g/mol. The third-order valence-electron chi connectivity index (χ3n) is 4.88. The van der Waals surface area contributed by atoms with E-state index < -0.39 is 0 Å². The second kappa shape index (κ2) is 7.99. The summed E-state index contributed by atoms with van der Waals surface area (Å²) in [6, 6.07) is 0.180. The number of nitrogens with one attached hydrogen (secondary N) is 2. The van der Waals surface area contributed by atoms with Crippen molar-refractivity contribution >= 4 is 5.91 Å².